The van der Waals surface area contributed by atoms with Crippen LogP contribution >= 0.6 is 12.2 Å². The van der Waals surface area contributed by atoms with Gasteiger partial charge in [0.1, 0.15) is 10.8 Å². The normalized spacial score (nSPS) is 20.3. The van der Waals surface area contributed by atoms with Crippen molar-refractivity contribution in [2.45, 2.75) is 25.8 Å². The van der Waals surface area contributed by atoms with Gasteiger partial charge in [0.05, 0.1) is 5.56 Å². The fourth-order valence-electron chi connectivity index (χ4n) is 2.63. The van der Waals surface area contributed by atoms with E-state index in [9.17, 15) is 0 Å². The van der Waals surface area contributed by atoms with E-state index in [0.29, 0.717) is 11.0 Å². The molecular formula is C14H22N4S. The SMILES string of the molecule is Cc1ccc(C(N)=S)c(N(C)C2CCCN(C)C2)n1. The van der Waals surface area contributed by atoms with E-state index in [1.807, 2.05) is 19.1 Å². The van der Waals surface area contributed by atoms with E-state index >= 15 is 0 Å². The van der Waals surface area contributed by atoms with Crippen LogP contribution in [0.4, 0.5) is 5.82 Å². The molecule has 104 valence electrons. The third-order valence-corrected chi connectivity index (χ3v) is 3.98. The van der Waals surface area contributed by atoms with Crippen LogP contribution in [0.5, 0.6) is 0 Å². The highest BCUT2D eigenvalue weighted by molar-refractivity contribution is 7.80. The summed E-state index contributed by atoms with van der Waals surface area (Å²) in [4.78, 5) is 9.65. The topological polar surface area (TPSA) is 45.4 Å². The highest BCUT2D eigenvalue weighted by Gasteiger charge is 2.24. The summed E-state index contributed by atoms with van der Waals surface area (Å²) >= 11 is 5.14. The van der Waals surface area contributed by atoms with Crippen LogP contribution < -0.4 is 10.6 Å². The molecule has 2 rings (SSSR count). The van der Waals surface area contributed by atoms with E-state index in [2.05, 4.69) is 28.9 Å². The number of pyridine rings is 1. The van der Waals surface area contributed by atoms with E-state index < -0.39 is 0 Å². The number of likely N-dealkylation sites (N-methyl/N-ethyl adjacent to an activating group) is 2. The standard InChI is InChI=1S/C14H22N4S/c1-10-6-7-12(13(15)19)14(16-10)18(3)11-5-4-8-17(2)9-11/h6-7,11H,4-5,8-9H2,1-3H3,(H2,15,19). The van der Waals surface area contributed by atoms with Crippen LogP contribution in [0.2, 0.25) is 0 Å². The average Bonchev–Trinajstić information content (AvgIpc) is 2.37. The second kappa shape index (κ2) is 5.84. The number of piperidine rings is 1. The minimum Gasteiger partial charge on any atom is -0.389 e. The monoisotopic (exact) mass is 278 g/mol. The van der Waals surface area contributed by atoms with E-state index in [-0.39, 0.29) is 0 Å². The zero-order valence-electron chi connectivity index (χ0n) is 11.9. The molecule has 0 spiro atoms. The first-order chi connectivity index (χ1) is 8.99. The first-order valence-electron chi connectivity index (χ1n) is 6.68. The van der Waals surface area contributed by atoms with Gasteiger partial charge in [-0.1, -0.05) is 12.2 Å². The van der Waals surface area contributed by atoms with Crippen molar-refractivity contribution in [1.82, 2.24) is 9.88 Å². The Morgan fingerprint density at radius 1 is 1.53 bits per heavy atom. The molecule has 1 aliphatic heterocycles. The predicted octanol–water partition coefficient (Wildman–Crippen LogP) is 1.55. The second-order valence-electron chi connectivity index (χ2n) is 5.36. The minimum absolute atomic E-state index is 0.415. The van der Waals surface area contributed by atoms with E-state index in [1.165, 1.54) is 19.4 Å². The number of hydrogen-bond donors (Lipinski definition) is 1. The van der Waals surface area contributed by atoms with Crippen LogP contribution in [0.1, 0.15) is 24.1 Å². The van der Waals surface area contributed by atoms with Gasteiger partial charge >= 0.3 is 0 Å². The van der Waals surface area contributed by atoms with Crippen molar-refractivity contribution in [3.8, 4) is 0 Å². The summed E-state index contributed by atoms with van der Waals surface area (Å²) in [5.74, 6) is 0.910. The highest BCUT2D eigenvalue weighted by atomic mass is 32.1. The fourth-order valence-corrected chi connectivity index (χ4v) is 2.79. The molecule has 19 heavy (non-hydrogen) atoms. The Bertz CT molecular complexity index is 475. The van der Waals surface area contributed by atoms with Gasteiger partial charge in [0.25, 0.3) is 0 Å². The molecule has 1 aromatic heterocycles. The van der Waals surface area contributed by atoms with Crippen molar-refractivity contribution >= 4 is 23.0 Å². The third-order valence-electron chi connectivity index (χ3n) is 3.76. The number of hydrogen-bond acceptors (Lipinski definition) is 4. The molecular weight excluding hydrogens is 256 g/mol. The van der Waals surface area contributed by atoms with Crippen molar-refractivity contribution < 1.29 is 0 Å². The first kappa shape index (κ1) is 14.2. The van der Waals surface area contributed by atoms with Gasteiger partial charge in [0, 0.05) is 25.3 Å². The Morgan fingerprint density at radius 3 is 2.89 bits per heavy atom. The molecule has 0 amide bonds. The van der Waals surface area contributed by atoms with E-state index in [4.69, 9.17) is 18.0 Å². The van der Waals surface area contributed by atoms with Crippen molar-refractivity contribution in [3.05, 3.63) is 23.4 Å². The first-order valence-corrected chi connectivity index (χ1v) is 7.08. The zero-order valence-corrected chi connectivity index (χ0v) is 12.7. The zero-order chi connectivity index (χ0) is 14.0. The Morgan fingerprint density at radius 2 is 2.26 bits per heavy atom. The Labute approximate surface area is 120 Å². The van der Waals surface area contributed by atoms with Crippen molar-refractivity contribution in [2.75, 3.05) is 32.1 Å². The lowest BCUT2D eigenvalue weighted by atomic mass is 10.0. The molecule has 0 saturated carbocycles. The quantitative estimate of drug-likeness (QED) is 0.850. The third kappa shape index (κ3) is 3.22. The molecule has 1 unspecified atom stereocenters. The largest absolute Gasteiger partial charge is 0.389 e. The Hall–Kier alpha value is -1.20. The fraction of sp³-hybridized carbons (Fsp3) is 0.571. The van der Waals surface area contributed by atoms with Crippen LogP contribution in [0.15, 0.2) is 12.1 Å². The number of nitrogens with two attached hydrogens (primary N) is 1. The molecule has 4 nitrogen and oxygen atoms in total. The molecule has 1 aromatic rings. The van der Waals surface area contributed by atoms with Gasteiger partial charge in [-0.3, -0.25) is 0 Å². The molecule has 0 aromatic carbocycles. The van der Waals surface area contributed by atoms with Crippen LogP contribution in [-0.2, 0) is 0 Å². The molecule has 0 bridgehead atoms. The number of likely N-dealkylation sites (tertiary alicyclic amines) is 1. The van der Waals surface area contributed by atoms with Crippen LogP contribution in [0.25, 0.3) is 0 Å². The maximum absolute atomic E-state index is 5.81. The van der Waals surface area contributed by atoms with E-state index in [1.54, 1.807) is 0 Å². The summed E-state index contributed by atoms with van der Waals surface area (Å²) in [7, 11) is 4.26. The van der Waals surface area contributed by atoms with Crippen molar-refractivity contribution in [3.63, 3.8) is 0 Å². The molecule has 5 heteroatoms. The molecule has 2 heterocycles. The maximum Gasteiger partial charge on any atom is 0.139 e. The summed E-state index contributed by atoms with van der Waals surface area (Å²) in [6.45, 7) is 4.23. The lowest BCUT2D eigenvalue weighted by Crippen LogP contribution is -2.45. The van der Waals surface area contributed by atoms with Crippen LogP contribution in [0.3, 0.4) is 0 Å². The molecule has 0 radical (unpaired) electrons. The molecule has 1 atom stereocenters. The van der Waals surface area contributed by atoms with Crippen molar-refractivity contribution in [2.24, 2.45) is 5.73 Å². The van der Waals surface area contributed by atoms with Gasteiger partial charge < -0.3 is 15.5 Å². The van der Waals surface area contributed by atoms with Gasteiger partial charge in [0.15, 0.2) is 0 Å². The number of thiocarbonyl (C=S) groups is 1. The van der Waals surface area contributed by atoms with Crippen LogP contribution in [0, 0.1) is 6.92 Å². The average molecular weight is 278 g/mol. The lowest BCUT2D eigenvalue weighted by Gasteiger charge is -2.37. The second-order valence-corrected chi connectivity index (χ2v) is 5.80. The summed E-state index contributed by atoms with van der Waals surface area (Å²) < 4.78 is 0. The summed E-state index contributed by atoms with van der Waals surface area (Å²) in [5, 5.41) is 0. The summed E-state index contributed by atoms with van der Waals surface area (Å²) in [5.41, 5.74) is 7.68. The Balaban J connectivity index is 2.29. The summed E-state index contributed by atoms with van der Waals surface area (Å²) in [6, 6.07) is 4.41. The highest BCUT2D eigenvalue weighted by Crippen LogP contribution is 2.23. The van der Waals surface area contributed by atoms with Gasteiger partial charge in [-0.2, -0.15) is 0 Å². The number of aromatic nitrogens is 1. The van der Waals surface area contributed by atoms with Crippen LogP contribution in [-0.4, -0.2) is 48.1 Å². The number of aryl methyl sites for hydroxylation is 1. The molecule has 1 saturated heterocycles. The maximum atomic E-state index is 5.81. The predicted molar refractivity (Wildman–Crippen MR) is 83.8 cm³/mol. The van der Waals surface area contributed by atoms with Gasteiger partial charge in [-0.15, -0.1) is 0 Å². The smallest absolute Gasteiger partial charge is 0.139 e. The number of rotatable bonds is 3. The molecule has 1 aliphatic rings. The number of nitrogens with zero attached hydrogens (tertiary/aromatic N) is 3. The van der Waals surface area contributed by atoms with Gasteiger partial charge in [-0.05, 0) is 45.5 Å². The van der Waals surface area contributed by atoms with Crippen molar-refractivity contribution in [1.29, 1.82) is 0 Å². The lowest BCUT2D eigenvalue weighted by molar-refractivity contribution is 0.247. The van der Waals surface area contributed by atoms with Gasteiger partial charge in [0.2, 0.25) is 0 Å². The number of anilines is 1. The Kier molecular flexibility index (Phi) is 4.37. The molecule has 0 aliphatic carbocycles. The summed E-state index contributed by atoms with van der Waals surface area (Å²) in [6.07, 6.45) is 2.41. The molecule has 1 fully saturated rings. The minimum atomic E-state index is 0.415. The van der Waals surface area contributed by atoms with Gasteiger partial charge in [-0.25, -0.2) is 4.98 Å². The molecule has 2 N–H and O–H groups in total. The van der Waals surface area contributed by atoms with E-state index in [0.717, 1.165) is 23.6 Å².